The number of hydrogen-bond donors (Lipinski definition) is 2. The van der Waals surface area contributed by atoms with Gasteiger partial charge in [0.15, 0.2) is 0 Å². The zero-order valence-electron chi connectivity index (χ0n) is 9.55. The molecule has 0 heterocycles. The molecule has 18 heavy (non-hydrogen) atoms. The number of nitrogens with two attached hydrogens (primary N) is 1. The number of para-hydroxylation sites is 1. The fourth-order valence-corrected chi connectivity index (χ4v) is 1.83. The van der Waals surface area contributed by atoms with Crippen molar-refractivity contribution in [2.24, 2.45) is 0 Å². The van der Waals surface area contributed by atoms with Gasteiger partial charge in [-0.15, -0.1) is 0 Å². The summed E-state index contributed by atoms with van der Waals surface area (Å²) < 4.78 is 37.9. The lowest BCUT2D eigenvalue weighted by Gasteiger charge is -2.26. The molecule has 1 saturated carbocycles. The highest BCUT2D eigenvalue weighted by Gasteiger charge is 2.34. The first-order chi connectivity index (χ1) is 8.39. The van der Waals surface area contributed by atoms with Crippen molar-refractivity contribution < 1.29 is 18.0 Å². The maximum atomic E-state index is 12.6. The van der Waals surface area contributed by atoms with E-state index in [2.05, 4.69) is 5.32 Å². The van der Waals surface area contributed by atoms with Gasteiger partial charge < -0.3 is 11.1 Å². The summed E-state index contributed by atoms with van der Waals surface area (Å²) in [5.41, 5.74) is 3.83. The first kappa shape index (κ1) is 12.7. The predicted molar refractivity (Wildman–Crippen MR) is 61.0 cm³/mol. The maximum absolute atomic E-state index is 12.6. The molecule has 1 aliphatic carbocycles. The second-order valence-electron chi connectivity index (χ2n) is 4.37. The van der Waals surface area contributed by atoms with Gasteiger partial charge in [-0.25, -0.2) is 0 Å². The van der Waals surface area contributed by atoms with Gasteiger partial charge >= 0.3 is 6.18 Å². The quantitative estimate of drug-likeness (QED) is 0.801. The number of alkyl halides is 3. The zero-order valence-corrected chi connectivity index (χ0v) is 9.55. The number of benzene rings is 1. The number of hydrogen-bond acceptors (Lipinski definition) is 2. The van der Waals surface area contributed by atoms with Gasteiger partial charge in [-0.3, -0.25) is 4.79 Å². The Morgan fingerprint density at radius 1 is 1.33 bits per heavy atom. The number of halogens is 3. The Morgan fingerprint density at radius 3 is 2.50 bits per heavy atom. The molecule has 0 atom stereocenters. The monoisotopic (exact) mass is 258 g/mol. The van der Waals surface area contributed by atoms with Gasteiger partial charge in [0.25, 0.3) is 5.91 Å². The zero-order chi connectivity index (χ0) is 13.3. The van der Waals surface area contributed by atoms with Gasteiger partial charge in [-0.1, -0.05) is 6.07 Å². The molecule has 0 saturated heterocycles. The molecule has 98 valence electrons. The molecule has 1 aliphatic rings. The Hall–Kier alpha value is -1.72. The molecule has 3 nitrogen and oxygen atoms in total. The summed E-state index contributed by atoms with van der Waals surface area (Å²) in [6.45, 7) is 0. The summed E-state index contributed by atoms with van der Waals surface area (Å²) >= 11 is 0. The summed E-state index contributed by atoms with van der Waals surface area (Å²) in [7, 11) is 0. The lowest BCUT2D eigenvalue weighted by molar-refractivity contribution is -0.136. The minimum atomic E-state index is -4.54. The topological polar surface area (TPSA) is 55.1 Å². The second-order valence-corrected chi connectivity index (χ2v) is 4.37. The minimum absolute atomic E-state index is 0.0615. The SMILES string of the molecule is Nc1c(C(=O)NC2CCC2)cccc1C(F)(F)F. The molecule has 0 aromatic heterocycles. The molecular formula is C12H13F3N2O. The second kappa shape index (κ2) is 4.51. The van der Waals surface area contributed by atoms with Crippen LogP contribution in [0.3, 0.4) is 0 Å². The molecule has 6 heteroatoms. The third-order valence-corrected chi connectivity index (χ3v) is 3.10. The van der Waals surface area contributed by atoms with Gasteiger partial charge in [0.05, 0.1) is 16.8 Å². The number of rotatable bonds is 2. The Labute approximate surface area is 102 Å². The van der Waals surface area contributed by atoms with Crippen LogP contribution in [0.2, 0.25) is 0 Å². The molecule has 0 radical (unpaired) electrons. The summed E-state index contributed by atoms with van der Waals surface area (Å²) in [5.74, 6) is -0.539. The molecule has 0 spiro atoms. The van der Waals surface area contributed by atoms with E-state index in [0.29, 0.717) is 0 Å². The van der Waals surface area contributed by atoms with Crippen LogP contribution in [0, 0.1) is 0 Å². The number of amides is 1. The van der Waals surface area contributed by atoms with Crippen molar-refractivity contribution in [2.75, 3.05) is 5.73 Å². The van der Waals surface area contributed by atoms with Crippen LogP contribution < -0.4 is 11.1 Å². The van der Waals surface area contributed by atoms with E-state index >= 15 is 0 Å². The van der Waals surface area contributed by atoms with Crippen LogP contribution in [0.4, 0.5) is 18.9 Å². The van der Waals surface area contributed by atoms with E-state index in [1.807, 2.05) is 0 Å². The largest absolute Gasteiger partial charge is 0.418 e. The van der Waals surface area contributed by atoms with Crippen LogP contribution >= 0.6 is 0 Å². The summed E-state index contributed by atoms with van der Waals surface area (Å²) in [6, 6.07) is 3.43. The van der Waals surface area contributed by atoms with Crippen molar-refractivity contribution in [3.63, 3.8) is 0 Å². The smallest absolute Gasteiger partial charge is 0.398 e. The fraction of sp³-hybridized carbons (Fsp3) is 0.417. The first-order valence-corrected chi connectivity index (χ1v) is 5.66. The van der Waals surface area contributed by atoms with E-state index in [-0.39, 0.29) is 11.6 Å². The van der Waals surface area contributed by atoms with E-state index in [4.69, 9.17) is 5.73 Å². The molecular weight excluding hydrogens is 245 g/mol. The maximum Gasteiger partial charge on any atom is 0.418 e. The van der Waals surface area contributed by atoms with Gasteiger partial charge in [0, 0.05) is 6.04 Å². The fourth-order valence-electron chi connectivity index (χ4n) is 1.83. The third kappa shape index (κ3) is 2.42. The van der Waals surface area contributed by atoms with Gasteiger partial charge in [-0.05, 0) is 31.4 Å². The van der Waals surface area contributed by atoms with Crippen molar-refractivity contribution in [1.29, 1.82) is 0 Å². The van der Waals surface area contributed by atoms with Crippen LogP contribution in [0.1, 0.15) is 35.2 Å². The number of carbonyl (C=O) groups is 1. The Kier molecular flexibility index (Phi) is 3.19. The average molecular weight is 258 g/mol. The Balaban J connectivity index is 2.25. The van der Waals surface area contributed by atoms with Crippen LogP contribution in [-0.4, -0.2) is 11.9 Å². The van der Waals surface area contributed by atoms with Crippen LogP contribution in [0.5, 0.6) is 0 Å². The van der Waals surface area contributed by atoms with Crippen molar-refractivity contribution in [1.82, 2.24) is 5.32 Å². The van der Waals surface area contributed by atoms with E-state index in [0.717, 1.165) is 25.3 Å². The van der Waals surface area contributed by atoms with Gasteiger partial charge in [0.2, 0.25) is 0 Å². The lowest BCUT2D eigenvalue weighted by Crippen LogP contribution is -2.39. The van der Waals surface area contributed by atoms with E-state index in [1.165, 1.54) is 12.1 Å². The third-order valence-electron chi connectivity index (χ3n) is 3.10. The first-order valence-electron chi connectivity index (χ1n) is 5.66. The van der Waals surface area contributed by atoms with Crippen molar-refractivity contribution in [3.8, 4) is 0 Å². The van der Waals surface area contributed by atoms with E-state index in [1.54, 1.807) is 0 Å². The summed E-state index contributed by atoms with van der Waals surface area (Å²) in [6.07, 6.45) is -1.78. The number of carbonyl (C=O) groups excluding carboxylic acids is 1. The Bertz CT molecular complexity index is 467. The summed E-state index contributed by atoms with van der Waals surface area (Å²) in [4.78, 5) is 11.8. The number of anilines is 1. The van der Waals surface area contributed by atoms with Gasteiger partial charge in [0.1, 0.15) is 0 Å². The van der Waals surface area contributed by atoms with Crippen LogP contribution in [0.25, 0.3) is 0 Å². The van der Waals surface area contributed by atoms with Crippen molar-refractivity contribution in [3.05, 3.63) is 29.3 Å². The average Bonchev–Trinajstić information content (AvgIpc) is 2.21. The van der Waals surface area contributed by atoms with E-state index < -0.39 is 23.3 Å². The molecule has 1 amide bonds. The summed E-state index contributed by atoms with van der Waals surface area (Å²) in [5, 5.41) is 2.67. The normalized spacial score (nSPS) is 16.2. The molecule has 0 bridgehead atoms. The van der Waals surface area contributed by atoms with Crippen LogP contribution in [0.15, 0.2) is 18.2 Å². The van der Waals surface area contributed by atoms with Crippen LogP contribution in [-0.2, 0) is 6.18 Å². The number of nitrogen functional groups attached to an aromatic ring is 1. The van der Waals surface area contributed by atoms with Crippen molar-refractivity contribution in [2.45, 2.75) is 31.5 Å². The molecule has 3 N–H and O–H groups in total. The highest BCUT2D eigenvalue weighted by molar-refractivity contribution is 6.00. The molecule has 0 unspecified atom stereocenters. The predicted octanol–water partition coefficient (Wildman–Crippen LogP) is 2.57. The molecule has 2 rings (SSSR count). The Morgan fingerprint density at radius 2 is 2.00 bits per heavy atom. The highest BCUT2D eigenvalue weighted by atomic mass is 19.4. The number of nitrogens with one attached hydrogen (secondary N) is 1. The standard InChI is InChI=1S/C12H13F3N2O/c13-12(14,15)9-6-2-5-8(10(9)16)11(18)17-7-3-1-4-7/h2,5-7H,1,3-4,16H2,(H,17,18). The molecule has 1 fully saturated rings. The molecule has 1 aromatic carbocycles. The van der Waals surface area contributed by atoms with Crippen molar-refractivity contribution >= 4 is 11.6 Å². The van der Waals surface area contributed by atoms with Gasteiger partial charge in [-0.2, -0.15) is 13.2 Å². The highest BCUT2D eigenvalue weighted by Crippen LogP contribution is 2.35. The molecule has 0 aliphatic heterocycles. The molecule has 1 aromatic rings. The lowest BCUT2D eigenvalue weighted by atomic mass is 9.92. The van der Waals surface area contributed by atoms with E-state index in [9.17, 15) is 18.0 Å². The minimum Gasteiger partial charge on any atom is -0.398 e.